The first-order valence-electron chi connectivity index (χ1n) is 10.3. The molecule has 3 aromatic rings. The maximum Gasteiger partial charge on any atom is 0.260 e. The molecule has 4 rings (SSSR count). The van der Waals surface area contributed by atoms with Gasteiger partial charge in [0.1, 0.15) is 0 Å². The van der Waals surface area contributed by atoms with Gasteiger partial charge in [-0.3, -0.25) is 19.5 Å². The lowest BCUT2D eigenvalue weighted by atomic mass is 10.1. The SMILES string of the molecule is COc1ccc(CNC(=O)CC2c3ncccc3C(=O)N2c2ccc(C)cc2)cc1OC. The number of anilines is 1. The molecule has 1 aromatic heterocycles. The van der Waals surface area contributed by atoms with E-state index in [2.05, 4.69) is 10.3 Å². The second kappa shape index (κ2) is 9.09. The Morgan fingerprint density at radius 1 is 1.06 bits per heavy atom. The summed E-state index contributed by atoms with van der Waals surface area (Å²) in [6.07, 6.45) is 1.76. The third kappa shape index (κ3) is 4.14. The molecule has 164 valence electrons. The van der Waals surface area contributed by atoms with E-state index in [1.165, 1.54) is 0 Å². The number of aryl methyl sites for hydroxylation is 1. The standard InChI is InChI=1S/C25H25N3O4/c1-16-6-9-18(10-7-16)28-20(24-19(25(28)30)5-4-12-26-24)14-23(29)27-15-17-8-11-21(31-2)22(13-17)32-3/h4-13,20H,14-15H2,1-3H3,(H,27,29). The highest BCUT2D eigenvalue weighted by molar-refractivity contribution is 6.11. The number of hydrogen-bond donors (Lipinski definition) is 1. The van der Waals surface area contributed by atoms with E-state index in [1.54, 1.807) is 43.5 Å². The Balaban J connectivity index is 1.52. The van der Waals surface area contributed by atoms with E-state index < -0.39 is 6.04 Å². The van der Waals surface area contributed by atoms with Crippen LogP contribution in [0.1, 0.15) is 39.6 Å². The highest BCUT2D eigenvalue weighted by Gasteiger charge is 2.39. The molecule has 1 aliphatic heterocycles. The molecule has 1 atom stereocenters. The molecule has 2 amide bonds. The predicted molar refractivity (Wildman–Crippen MR) is 121 cm³/mol. The van der Waals surface area contributed by atoms with Gasteiger partial charge >= 0.3 is 0 Å². The zero-order valence-electron chi connectivity index (χ0n) is 18.3. The molecule has 0 radical (unpaired) electrons. The van der Waals surface area contributed by atoms with Crippen molar-refractivity contribution in [1.82, 2.24) is 10.3 Å². The van der Waals surface area contributed by atoms with Crippen LogP contribution >= 0.6 is 0 Å². The number of pyridine rings is 1. The lowest BCUT2D eigenvalue weighted by molar-refractivity contribution is -0.121. The summed E-state index contributed by atoms with van der Waals surface area (Å²) in [4.78, 5) is 32.1. The van der Waals surface area contributed by atoms with Crippen molar-refractivity contribution in [3.05, 3.63) is 83.2 Å². The number of hydrogen-bond acceptors (Lipinski definition) is 5. The number of methoxy groups -OCH3 is 2. The van der Waals surface area contributed by atoms with Gasteiger partial charge in [-0.2, -0.15) is 0 Å². The van der Waals surface area contributed by atoms with Crippen LogP contribution in [0.2, 0.25) is 0 Å². The Morgan fingerprint density at radius 2 is 1.81 bits per heavy atom. The van der Waals surface area contributed by atoms with Crippen LogP contribution in [-0.2, 0) is 11.3 Å². The Morgan fingerprint density at radius 3 is 2.53 bits per heavy atom. The number of benzene rings is 2. The predicted octanol–water partition coefficient (Wildman–Crippen LogP) is 3.82. The second-order valence-corrected chi connectivity index (χ2v) is 7.63. The van der Waals surface area contributed by atoms with Crippen LogP contribution in [0.25, 0.3) is 0 Å². The summed E-state index contributed by atoms with van der Waals surface area (Å²) >= 11 is 0. The molecule has 2 aromatic carbocycles. The number of aromatic nitrogens is 1. The summed E-state index contributed by atoms with van der Waals surface area (Å²) in [6, 6.07) is 16.2. The van der Waals surface area contributed by atoms with Gasteiger partial charge in [0, 0.05) is 18.4 Å². The maximum absolute atomic E-state index is 13.1. The fourth-order valence-electron chi connectivity index (χ4n) is 3.89. The van der Waals surface area contributed by atoms with Crippen molar-refractivity contribution in [2.75, 3.05) is 19.1 Å². The molecule has 7 heteroatoms. The summed E-state index contributed by atoms with van der Waals surface area (Å²) in [6.45, 7) is 2.32. The summed E-state index contributed by atoms with van der Waals surface area (Å²) in [5.74, 6) is 0.913. The number of nitrogens with one attached hydrogen (secondary N) is 1. The molecule has 0 saturated heterocycles. The Labute approximate surface area is 187 Å². The zero-order valence-corrected chi connectivity index (χ0v) is 18.3. The lowest BCUT2D eigenvalue weighted by Crippen LogP contribution is -2.33. The Kier molecular flexibility index (Phi) is 6.07. The van der Waals surface area contributed by atoms with Crippen molar-refractivity contribution in [3.8, 4) is 11.5 Å². The number of nitrogens with zero attached hydrogens (tertiary/aromatic N) is 2. The van der Waals surface area contributed by atoms with E-state index >= 15 is 0 Å². The summed E-state index contributed by atoms with van der Waals surface area (Å²) < 4.78 is 10.6. The average Bonchev–Trinajstić information content (AvgIpc) is 3.09. The average molecular weight is 431 g/mol. The number of carbonyl (C=O) groups is 2. The molecule has 1 unspecified atom stereocenters. The summed E-state index contributed by atoms with van der Waals surface area (Å²) in [5.41, 5.74) is 3.88. The van der Waals surface area contributed by atoms with E-state index in [1.807, 2.05) is 43.3 Å². The molecule has 1 N–H and O–H groups in total. The summed E-state index contributed by atoms with van der Waals surface area (Å²) in [5, 5.41) is 2.94. The van der Waals surface area contributed by atoms with E-state index in [-0.39, 0.29) is 18.2 Å². The van der Waals surface area contributed by atoms with Crippen LogP contribution < -0.4 is 19.7 Å². The Bertz CT molecular complexity index is 1140. The normalized spacial score (nSPS) is 14.8. The quantitative estimate of drug-likeness (QED) is 0.615. The number of carbonyl (C=O) groups excluding carboxylic acids is 2. The molecule has 32 heavy (non-hydrogen) atoms. The third-order valence-electron chi connectivity index (χ3n) is 5.54. The van der Waals surface area contributed by atoms with Gasteiger partial charge in [0.2, 0.25) is 5.91 Å². The highest BCUT2D eigenvalue weighted by atomic mass is 16.5. The first-order valence-corrected chi connectivity index (χ1v) is 10.3. The van der Waals surface area contributed by atoms with Crippen LogP contribution in [-0.4, -0.2) is 31.0 Å². The second-order valence-electron chi connectivity index (χ2n) is 7.63. The zero-order chi connectivity index (χ0) is 22.7. The van der Waals surface area contributed by atoms with Gasteiger partial charge in [0.05, 0.1) is 37.9 Å². The van der Waals surface area contributed by atoms with Gasteiger partial charge in [0.15, 0.2) is 11.5 Å². The van der Waals surface area contributed by atoms with Crippen LogP contribution in [0.15, 0.2) is 60.8 Å². The van der Waals surface area contributed by atoms with Crippen molar-refractivity contribution in [1.29, 1.82) is 0 Å². The molecule has 0 saturated carbocycles. The molecular formula is C25H25N3O4. The maximum atomic E-state index is 13.1. The third-order valence-corrected chi connectivity index (χ3v) is 5.54. The smallest absolute Gasteiger partial charge is 0.260 e. The van der Waals surface area contributed by atoms with Crippen molar-refractivity contribution in [2.24, 2.45) is 0 Å². The molecule has 7 nitrogen and oxygen atoms in total. The van der Waals surface area contributed by atoms with Crippen molar-refractivity contribution >= 4 is 17.5 Å². The molecule has 0 bridgehead atoms. The van der Waals surface area contributed by atoms with Gasteiger partial charge in [-0.15, -0.1) is 0 Å². The van der Waals surface area contributed by atoms with Crippen molar-refractivity contribution < 1.29 is 19.1 Å². The molecular weight excluding hydrogens is 406 g/mol. The molecule has 2 heterocycles. The van der Waals surface area contributed by atoms with Gasteiger partial charge in [-0.25, -0.2) is 0 Å². The Hall–Kier alpha value is -3.87. The molecule has 0 spiro atoms. The van der Waals surface area contributed by atoms with Crippen LogP contribution in [0, 0.1) is 6.92 Å². The topological polar surface area (TPSA) is 80.8 Å². The summed E-state index contributed by atoms with van der Waals surface area (Å²) in [7, 11) is 3.15. The largest absolute Gasteiger partial charge is 0.493 e. The molecule has 0 aliphatic carbocycles. The first-order chi connectivity index (χ1) is 15.5. The molecule has 0 fully saturated rings. The van der Waals surface area contributed by atoms with E-state index in [0.717, 1.165) is 16.8 Å². The minimum Gasteiger partial charge on any atom is -0.493 e. The van der Waals surface area contributed by atoms with E-state index in [9.17, 15) is 9.59 Å². The van der Waals surface area contributed by atoms with E-state index in [0.29, 0.717) is 29.3 Å². The number of rotatable bonds is 7. The molecule has 1 aliphatic rings. The first kappa shape index (κ1) is 21.4. The van der Waals surface area contributed by atoms with Crippen molar-refractivity contribution in [3.63, 3.8) is 0 Å². The van der Waals surface area contributed by atoms with Crippen LogP contribution in [0.3, 0.4) is 0 Å². The van der Waals surface area contributed by atoms with E-state index in [4.69, 9.17) is 9.47 Å². The fourth-order valence-corrected chi connectivity index (χ4v) is 3.89. The number of ether oxygens (including phenoxy) is 2. The van der Waals surface area contributed by atoms with Crippen LogP contribution in [0.4, 0.5) is 5.69 Å². The minimum atomic E-state index is -0.466. The lowest BCUT2D eigenvalue weighted by Gasteiger charge is -2.25. The van der Waals surface area contributed by atoms with Gasteiger partial charge in [-0.1, -0.05) is 23.8 Å². The fraction of sp³-hybridized carbons (Fsp3) is 0.240. The highest BCUT2D eigenvalue weighted by Crippen LogP contribution is 2.38. The van der Waals surface area contributed by atoms with Gasteiger partial charge in [0.25, 0.3) is 5.91 Å². The van der Waals surface area contributed by atoms with Crippen molar-refractivity contribution in [2.45, 2.75) is 25.9 Å². The van der Waals surface area contributed by atoms with Gasteiger partial charge < -0.3 is 14.8 Å². The van der Waals surface area contributed by atoms with Gasteiger partial charge in [-0.05, 0) is 48.9 Å². The monoisotopic (exact) mass is 431 g/mol. The van der Waals surface area contributed by atoms with Crippen LogP contribution in [0.5, 0.6) is 11.5 Å². The number of amides is 2. The number of fused-ring (bicyclic) bond motifs is 1. The minimum absolute atomic E-state index is 0.108.